The molecule has 2 saturated heterocycles. The quantitative estimate of drug-likeness (QED) is 0.692. The first-order valence-corrected chi connectivity index (χ1v) is 7.58. The van der Waals surface area contributed by atoms with Gasteiger partial charge in [0.1, 0.15) is 5.60 Å². The van der Waals surface area contributed by atoms with Gasteiger partial charge >= 0.3 is 6.09 Å². The fraction of sp³-hybridized carbons (Fsp3) is 0.812. The monoisotopic (exact) mass is 281 g/mol. The third kappa shape index (κ3) is 3.75. The number of allylic oxidation sites excluding steroid dienone is 1. The van der Waals surface area contributed by atoms with Gasteiger partial charge in [0.05, 0.1) is 12.2 Å². The maximum absolute atomic E-state index is 12.0. The van der Waals surface area contributed by atoms with Crippen LogP contribution in [0.4, 0.5) is 4.79 Å². The van der Waals surface area contributed by atoms with Crippen molar-refractivity contribution in [2.24, 2.45) is 5.92 Å². The molecule has 0 radical (unpaired) electrons. The van der Waals surface area contributed by atoms with E-state index in [1.54, 1.807) is 0 Å². The SMILES string of the molecule is C/C=C/[C@H]1COC2(CCN(C(=O)OC(C)(C)C)CC2)C1. The van der Waals surface area contributed by atoms with E-state index in [-0.39, 0.29) is 11.7 Å². The number of carbonyl (C=O) groups excluding carboxylic acids is 1. The van der Waals surface area contributed by atoms with Crippen LogP contribution in [0.25, 0.3) is 0 Å². The molecule has 1 atom stereocenters. The normalized spacial score (nSPS) is 26.4. The number of ether oxygens (including phenoxy) is 2. The predicted molar refractivity (Wildman–Crippen MR) is 78.6 cm³/mol. The molecule has 20 heavy (non-hydrogen) atoms. The highest BCUT2D eigenvalue weighted by molar-refractivity contribution is 5.68. The average molecular weight is 281 g/mol. The molecule has 0 aromatic carbocycles. The van der Waals surface area contributed by atoms with Crippen molar-refractivity contribution in [3.63, 3.8) is 0 Å². The largest absolute Gasteiger partial charge is 0.444 e. The van der Waals surface area contributed by atoms with E-state index < -0.39 is 5.60 Å². The van der Waals surface area contributed by atoms with E-state index in [0.717, 1.165) is 39.0 Å². The van der Waals surface area contributed by atoms with Gasteiger partial charge in [0.25, 0.3) is 0 Å². The number of hydrogen-bond donors (Lipinski definition) is 0. The predicted octanol–water partition coefficient (Wildman–Crippen LogP) is 3.37. The molecule has 4 heteroatoms. The molecule has 1 spiro atoms. The van der Waals surface area contributed by atoms with Crippen molar-refractivity contribution < 1.29 is 14.3 Å². The van der Waals surface area contributed by atoms with Crippen molar-refractivity contribution in [2.75, 3.05) is 19.7 Å². The van der Waals surface area contributed by atoms with E-state index in [0.29, 0.717) is 5.92 Å². The van der Waals surface area contributed by atoms with E-state index in [9.17, 15) is 4.79 Å². The Kier molecular flexibility index (Phi) is 4.43. The lowest BCUT2D eigenvalue weighted by molar-refractivity contribution is -0.0486. The Morgan fingerprint density at radius 2 is 2.00 bits per heavy atom. The maximum Gasteiger partial charge on any atom is 0.410 e. The number of nitrogens with zero attached hydrogens (tertiary/aromatic N) is 1. The molecule has 0 aromatic rings. The highest BCUT2D eigenvalue weighted by atomic mass is 16.6. The van der Waals surface area contributed by atoms with Crippen LogP contribution in [-0.4, -0.2) is 41.9 Å². The van der Waals surface area contributed by atoms with Crippen molar-refractivity contribution in [1.29, 1.82) is 0 Å². The van der Waals surface area contributed by atoms with Gasteiger partial charge in [-0.3, -0.25) is 0 Å². The lowest BCUT2D eigenvalue weighted by atomic mass is 9.85. The van der Waals surface area contributed by atoms with Crippen molar-refractivity contribution in [1.82, 2.24) is 4.90 Å². The molecule has 0 N–H and O–H groups in total. The van der Waals surface area contributed by atoms with Gasteiger partial charge < -0.3 is 14.4 Å². The van der Waals surface area contributed by atoms with Gasteiger partial charge in [0.15, 0.2) is 0 Å². The molecule has 4 nitrogen and oxygen atoms in total. The Balaban J connectivity index is 1.85. The molecule has 0 aliphatic carbocycles. The maximum atomic E-state index is 12.0. The zero-order valence-corrected chi connectivity index (χ0v) is 13.1. The van der Waals surface area contributed by atoms with Gasteiger partial charge in [0, 0.05) is 19.0 Å². The first-order chi connectivity index (χ1) is 9.34. The summed E-state index contributed by atoms with van der Waals surface area (Å²) in [5.41, 5.74) is -0.435. The summed E-state index contributed by atoms with van der Waals surface area (Å²) >= 11 is 0. The molecule has 2 aliphatic heterocycles. The summed E-state index contributed by atoms with van der Waals surface area (Å²) in [7, 11) is 0. The van der Waals surface area contributed by atoms with Gasteiger partial charge in [-0.15, -0.1) is 0 Å². The van der Waals surface area contributed by atoms with E-state index in [2.05, 4.69) is 19.1 Å². The summed E-state index contributed by atoms with van der Waals surface area (Å²) in [5.74, 6) is 0.535. The zero-order chi connectivity index (χ0) is 14.8. The smallest absolute Gasteiger partial charge is 0.410 e. The first-order valence-electron chi connectivity index (χ1n) is 7.58. The highest BCUT2D eigenvalue weighted by Crippen LogP contribution is 2.39. The fourth-order valence-corrected chi connectivity index (χ4v) is 3.05. The Labute approximate surface area is 122 Å². The molecule has 0 unspecified atom stereocenters. The molecule has 1 amide bonds. The number of carbonyl (C=O) groups is 1. The second kappa shape index (κ2) is 5.76. The minimum Gasteiger partial charge on any atom is -0.444 e. The summed E-state index contributed by atoms with van der Waals surface area (Å²) in [5, 5.41) is 0. The van der Waals surface area contributed by atoms with Gasteiger partial charge in [0.2, 0.25) is 0 Å². The van der Waals surface area contributed by atoms with Crippen LogP contribution in [0.5, 0.6) is 0 Å². The summed E-state index contributed by atoms with van der Waals surface area (Å²) < 4.78 is 11.5. The third-order valence-electron chi connectivity index (χ3n) is 4.03. The summed E-state index contributed by atoms with van der Waals surface area (Å²) in [4.78, 5) is 13.8. The van der Waals surface area contributed by atoms with Crippen LogP contribution < -0.4 is 0 Å². The first kappa shape index (κ1) is 15.4. The summed E-state index contributed by atoms with van der Waals surface area (Å²) in [6, 6.07) is 0. The van der Waals surface area contributed by atoms with Crippen molar-refractivity contribution >= 4 is 6.09 Å². The highest BCUT2D eigenvalue weighted by Gasteiger charge is 2.43. The molecule has 2 fully saturated rings. The standard InChI is InChI=1S/C16H27NO3/c1-5-6-13-11-16(19-12-13)7-9-17(10-8-16)14(18)20-15(2,3)4/h5-6,13H,7-12H2,1-4H3/b6-5+/t13-/m1/s1. The lowest BCUT2D eigenvalue weighted by Gasteiger charge is -2.39. The Bertz CT molecular complexity index is 376. The second-order valence-electron chi connectivity index (χ2n) is 6.95. The van der Waals surface area contributed by atoms with Crippen molar-refractivity contribution in [2.45, 2.75) is 58.2 Å². The van der Waals surface area contributed by atoms with Gasteiger partial charge in [-0.2, -0.15) is 0 Å². The molecule has 2 aliphatic rings. The third-order valence-corrected chi connectivity index (χ3v) is 4.03. The van der Waals surface area contributed by atoms with Crippen LogP contribution in [0.2, 0.25) is 0 Å². The molecular weight excluding hydrogens is 254 g/mol. The zero-order valence-electron chi connectivity index (χ0n) is 13.1. The van der Waals surface area contributed by atoms with Crippen molar-refractivity contribution in [3.05, 3.63) is 12.2 Å². The molecule has 2 heterocycles. The minimum atomic E-state index is -0.424. The van der Waals surface area contributed by atoms with Crippen LogP contribution in [0.3, 0.4) is 0 Å². The number of amides is 1. The molecule has 0 aromatic heterocycles. The van der Waals surface area contributed by atoms with Crippen LogP contribution in [-0.2, 0) is 9.47 Å². The van der Waals surface area contributed by atoms with Crippen LogP contribution in [0, 0.1) is 5.92 Å². The van der Waals surface area contributed by atoms with E-state index in [1.165, 1.54) is 0 Å². The molecule has 0 bridgehead atoms. The number of piperidine rings is 1. The second-order valence-corrected chi connectivity index (χ2v) is 6.95. The van der Waals surface area contributed by atoms with Crippen LogP contribution in [0.15, 0.2) is 12.2 Å². The number of likely N-dealkylation sites (tertiary alicyclic amines) is 1. The summed E-state index contributed by atoms with van der Waals surface area (Å²) in [6.07, 6.45) is 7.05. The minimum absolute atomic E-state index is 0.0112. The van der Waals surface area contributed by atoms with Gasteiger partial charge in [-0.25, -0.2) is 4.79 Å². The Morgan fingerprint density at radius 1 is 1.35 bits per heavy atom. The van der Waals surface area contributed by atoms with Crippen molar-refractivity contribution in [3.8, 4) is 0 Å². The van der Waals surface area contributed by atoms with Crippen LogP contribution >= 0.6 is 0 Å². The molecule has 2 rings (SSSR count). The summed E-state index contributed by atoms with van der Waals surface area (Å²) in [6.45, 7) is 10.0. The van der Waals surface area contributed by atoms with Gasteiger partial charge in [-0.05, 0) is 47.0 Å². The lowest BCUT2D eigenvalue weighted by Crippen LogP contribution is -2.47. The van der Waals surface area contributed by atoms with E-state index in [1.807, 2.05) is 25.7 Å². The number of hydrogen-bond acceptors (Lipinski definition) is 3. The number of rotatable bonds is 1. The van der Waals surface area contributed by atoms with Gasteiger partial charge in [-0.1, -0.05) is 12.2 Å². The Morgan fingerprint density at radius 3 is 2.55 bits per heavy atom. The fourth-order valence-electron chi connectivity index (χ4n) is 3.05. The average Bonchev–Trinajstić information content (AvgIpc) is 2.71. The van der Waals surface area contributed by atoms with Crippen LogP contribution in [0.1, 0.15) is 47.0 Å². The Hall–Kier alpha value is -1.03. The van der Waals surface area contributed by atoms with E-state index in [4.69, 9.17) is 9.47 Å². The molecule has 114 valence electrons. The molecular formula is C16H27NO3. The van der Waals surface area contributed by atoms with E-state index >= 15 is 0 Å². The molecule has 0 saturated carbocycles. The topological polar surface area (TPSA) is 38.8 Å².